The van der Waals surface area contributed by atoms with Crippen molar-refractivity contribution in [1.29, 1.82) is 0 Å². The Hall–Kier alpha value is 2.43. The molecule has 0 unspecified atom stereocenters. The van der Waals surface area contributed by atoms with E-state index in [1.54, 1.807) is 0 Å². The Morgan fingerprint density at radius 2 is 1.67 bits per heavy atom. The molecule has 0 amide bonds. The van der Waals surface area contributed by atoms with Gasteiger partial charge in [-0.15, -0.1) is 0 Å². The molecule has 54 valence electrons. The number of hydrogen-bond acceptors (Lipinski definition) is 0. The summed E-state index contributed by atoms with van der Waals surface area (Å²) in [6, 6.07) is 0. The van der Waals surface area contributed by atoms with E-state index in [1.165, 1.54) is 0 Å². The molecular formula is C4H11Cl3MgSn. The molecule has 0 aromatic heterocycles. The third kappa shape index (κ3) is 13.4. The molecule has 0 spiro atoms. The van der Waals surface area contributed by atoms with Crippen LogP contribution in [0.25, 0.3) is 0 Å². The topological polar surface area (TPSA) is 0 Å². The fourth-order valence-corrected chi connectivity index (χ4v) is 5.22. The van der Waals surface area contributed by atoms with Crippen LogP contribution in [0.1, 0.15) is 19.8 Å². The van der Waals surface area contributed by atoms with E-state index in [0.29, 0.717) is 0 Å². The van der Waals surface area contributed by atoms with Crippen LogP contribution in [-0.2, 0) is 0 Å². The van der Waals surface area contributed by atoms with Gasteiger partial charge in [-0.3, -0.25) is 0 Å². The van der Waals surface area contributed by atoms with Gasteiger partial charge < -0.3 is 0 Å². The van der Waals surface area contributed by atoms with Crippen LogP contribution >= 0.6 is 26.8 Å². The molecule has 0 aromatic rings. The summed E-state index contributed by atoms with van der Waals surface area (Å²) in [6.45, 7) is 2.10. The fraction of sp³-hybridized carbons (Fsp3) is 1.00. The van der Waals surface area contributed by atoms with Crippen molar-refractivity contribution in [3.8, 4) is 0 Å². The van der Waals surface area contributed by atoms with E-state index in [9.17, 15) is 0 Å². The molecule has 0 bridgehead atoms. The van der Waals surface area contributed by atoms with Crippen molar-refractivity contribution < 1.29 is 0 Å². The van der Waals surface area contributed by atoms with E-state index in [1.807, 2.05) is 0 Å². The van der Waals surface area contributed by atoms with Crippen molar-refractivity contribution in [3.63, 3.8) is 0 Å². The summed E-state index contributed by atoms with van der Waals surface area (Å²) < 4.78 is 0.871. The molecule has 0 aliphatic rings. The molecule has 0 saturated heterocycles. The second-order valence-corrected chi connectivity index (χ2v) is 23.5. The van der Waals surface area contributed by atoms with Crippen LogP contribution in [0, 0.1) is 0 Å². The number of hydrogen-bond donors (Lipinski definition) is 0. The van der Waals surface area contributed by atoms with E-state index in [-0.39, 0.29) is 23.1 Å². The second-order valence-electron chi connectivity index (χ2n) is 1.72. The van der Waals surface area contributed by atoms with Gasteiger partial charge in [0, 0.05) is 0 Å². The zero-order valence-corrected chi connectivity index (χ0v) is 9.88. The minimum atomic E-state index is -2.89. The van der Waals surface area contributed by atoms with Gasteiger partial charge >= 0.3 is 89.0 Å². The minimum Gasteiger partial charge on any atom is 0.316 e. The largest absolute Gasteiger partial charge is 0.316 e. The van der Waals surface area contributed by atoms with Crippen LogP contribution in [0.2, 0.25) is 4.44 Å². The third-order valence-electron chi connectivity index (χ3n) is 0.814. The van der Waals surface area contributed by atoms with Crippen molar-refractivity contribution in [3.05, 3.63) is 0 Å². The molecule has 0 heterocycles. The molecule has 0 nitrogen and oxygen atoms in total. The first-order valence-corrected chi connectivity index (χ1v) is 15.5. The van der Waals surface area contributed by atoms with Gasteiger partial charge in [-0.05, 0) is 0 Å². The van der Waals surface area contributed by atoms with Crippen LogP contribution in [0.4, 0.5) is 0 Å². The molecule has 0 fully saturated rings. The molecule has 0 aliphatic heterocycles. The molecule has 0 radical (unpaired) electrons. The summed E-state index contributed by atoms with van der Waals surface area (Å²) in [4.78, 5) is 0. The summed E-state index contributed by atoms with van der Waals surface area (Å²) in [6.07, 6.45) is 2.21. The van der Waals surface area contributed by atoms with Crippen LogP contribution in [0.15, 0.2) is 0 Å². The fourth-order valence-electron chi connectivity index (χ4n) is 0.377. The van der Waals surface area contributed by atoms with Crippen LogP contribution in [-0.4, -0.2) is 38.0 Å². The molecule has 9 heavy (non-hydrogen) atoms. The SMILES string of the molecule is CCC[CH2][Sn]([Cl])([Cl])[Cl].[MgH2]. The zero-order valence-electron chi connectivity index (χ0n) is 4.76. The maximum Gasteiger partial charge on any atom is 0.316 e. The number of rotatable bonds is 3. The molecule has 5 heteroatoms. The Kier molecular flexibility index (Phi) is 11.0. The van der Waals surface area contributed by atoms with Crippen molar-refractivity contribution in [2.75, 3.05) is 0 Å². The summed E-state index contributed by atoms with van der Waals surface area (Å²) in [7, 11) is 17.0. The van der Waals surface area contributed by atoms with Gasteiger partial charge in [0.05, 0.1) is 0 Å². The van der Waals surface area contributed by atoms with Crippen LogP contribution in [0.5, 0.6) is 0 Å². The van der Waals surface area contributed by atoms with Gasteiger partial charge in [0.25, 0.3) is 0 Å². The van der Waals surface area contributed by atoms with Crippen molar-refractivity contribution >= 4 is 64.8 Å². The van der Waals surface area contributed by atoms with Crippen molar-refractivity contribution in [1.82, 2.24) is 0 Å². The predicted molar refractivity (Wildman–Crippen MR) is 51.6 cm³/mol. The monoisotopic (exact) mass is 308 g/mol. The molecule has 0 aliphatic carbocycles. The Bertz CT molecular complexity index is 63.3. The Balaban J connectivity index is 0. The molecule has 0 saturated carbocycles. The normalized spacial score (nSPS) is 10.7. The summed E-state index contributed by atoms with van der Waals surface area (Å²) in [5, 5.41) is 0. The van der Waals surface area contributed by atoms with Crippen molar-refractivity contribution in [2.45, 2.75) is 24.2 Å². The maximum atomic E-state index is 5.65. The van der Waals surface area contributed by atoms with Crippen LogP contribution in [0.3, 0.4) is 0 Å². The van der Waals surface area contributed by atoms with E-state index in [0.717, 1.165) is 17.3 Å². The van der Waals surface area contributed by atoms with Gasteiger partial charge in [-0.25, -0.2) is 0 Å². The minimum absolute atomic E-state index is 0. The average molecular weight is 309 g/mol. The molecule has 0 rings (SSSR count). The summed E-state index contributed by atoms with van der Waals surface area (Å²) in [5.74, 6) is 0. The first-order valence-electron chi connectivity index (χ1n) is 2.63. The van der Waals surface area contributed by atoms with E-state index in [4.69, 9.17) is 26.8 Å². The second kappa shape index (κ2) is 7.10. The Morgan fingerprint density at radius 3 is 1.78 bits per heavy atom. The van der Waals surface area contributed by atoms with Crippen molar-refractivity contribution in [2.24, 2.45) is 0 Å². The summed E-state index contributed by atoms with van der Waals surface area (Å²) >= 11 is -2.89. The Morgan fingerprint density at radius 1 is 1.22 bits per heavy atom. The number of unbranched alkanes of at least 4 members (excludes halogenated alkanes) is 1. The summed E-state index contributed by atoms with van der Waals surface area (Å²) in [5.41, 5.74) is 0. The molecule has 0 aromatic carbocycles. The van der Waals surface area contributed by atoms with Gasteiger partial charge in [0.1, 0.15) is 0 Å². The standard InChI is InChI=1S/C4H9.3ClH.Mg.Sn.2H/c1-3-4-2;;;;;;;/h1,3-4H2,2H3;3*1H;;;;/q;;;;;+3;;/p-3. The van der Waals surface area contributed by atoms with E-state index < -0.39 is 15.0 Å². The van der Waals surface area contributed by atoms with Gasteiger partial charge in [0.15, 0.2) is 0 Å². The van der Waals surface area contributed by atoms with Gasteiger partial charge in [0.2, 0.25) is 0 Å². The first kappa shape index (κ1) is 14.0. The van der Waals surface area contributed by atoms with E-state index in [2.05, 4.69) is 6.92 Å². The average Bonchev–Trinajstić information content (AvgIpc) is 1.59. The first-order chi connectivity index (χ1) is 3.56. The quantitative estimate of drug-likeness (QED) is 0.703. The van der Waals surface area contributed by atoms with Crippen LogP contribution < -0.4 is 0 Å². The smallest absolute Gasteiger partial charge is 0.316 e. The predicted octanol–water partition coefficient (Wildman–Crippen LogP) is 2.53. The van der Waals surface area contributed by atoms with E-state index >= 15 is 0 Å². The van der Waals surface area contributed by atoms with Gasteiger partial charge in [-0.1, -0.05) is 0 Å². The van der Waals surface area contributed by atoms with Gasteiger partial charge in [-0.2, -0.15) is 0 Å². The molecule has 0 N–H and O–H groups in total. The maximum absolute atomic E-state index is 5.65. The molecule has 0 atom stereocenters. The molecular weight excluding hydrogens is 297 g/mol. The zero-order chi connectivity index (χ0) is 6.62. The Labute approximate surface area is 87.8 Å². The third-order valence-corrected chi connectivity index (χ3v) is 7.24. The number of halogens is 3.